The van der Waals surface area contributed by atoms with E-state index in [1.54, 1.807) is 54.5 Å². The van der Waals surface area contributed by atoms with Gasteiger partial charge in [-0.3, -0.25) is 24.0 Å². The van der Waals surface area contributed by atoms with E-state index < -0.39 is 90.3 Å². The molecule has 2 N–H and O–H groups in total. The average molecular weight is 790 g/mol. The molecular formula is C42H71N5O9. The molecule has 0 aromatic carbocycles. The third kappa shape index (κ3) is 13.5. The second-order valence-electron chi connectivity index (χ2n) is 16.3. The second-order valence-corrected chi connectivity index (χ2v) is 16.3. The van der Waals surface area contributed by atoms with Crippen molar-refractivity contribution < 1.29 is 43.0 Å². The van der Waals surface area contributed by atoms with Gasteiger partial charge in [0.25, 0.3) is 5.91 Å². The van der Waals surface area contributed by atoms with Crippen LogP contribution in [0.4, 0.5) is 0 Å². The number of nitrogens with one attached hydrogen (secondary N) is 2. The van der Waals surface area contributed by atoms with Crippen LogP contribution in [0.2, 0.25) is 0 Å². The Morgan fingerprint density at radius 1 is 0.804 bits per heavy atom. The van der Waals surface area contributed by atoms with Gasteiger partial charge >= 0.3 is 11.9 Å². The van der Waals surface area contributed by atoms with Crippen LogP contribution in [0.5, 0.6) is 0 Å². The van der Waals surface area contributed by atoms with E-state index >= 15 is 0 Å². The summed E-state index contributed by atoms with van der Waals surface area (Å²) in [6.07, 6.45) is 3.57. The largest absolute Gasteiger partial charge is 0.456 e. The molecule has 0 aliphatic carbocycles. The molecule has 0 unspecified atom stereocenters. The van der Waals surface area contributed by atoms with Gasteiger partial charge in [-0.2, -0.15) is 0 Å². The first-order chi connectivity index (χ1) is 25.9. The Hall–Kier alpha value is -4.23. The molecule has 0 fully saturated rings. The van der Waals surface area contributed by atoms with Crippen LogP contribution in [-0.2, 0) is 43.0 Å². The van der Waals surface area contributed by atoms with Crippen LogP contribution in [0, 0.1) is 29.6 Å². The van der Waals surface area contributed by atoms with Crippen LogP contribution in [0.15, 0.2) is 23.3 Å². The third-order valence-corrected chi connectivity index (χ3v) is 11.2. The smallest absolute Gasteiger partial charge is 0.334 e. The predicted molar refractivity (Wildman–Crippen MR) is 216 cm³/mol. The standard InChI is InChI=1S/C42H71N5O9/c1-17-19-27(9)35-29(11)26(8)20-21-28(10)41(53)56-36(25(7)18-2)37(49)44-34(24(5)6)40(52)46(15)30(12)38(50)45(14)22-32(48)43-33(23(3)4)39(51)47(16)31(13)42(54)55-35/h19,21,23-26,29-31,33-36H,17-18,20,22H2,1-16H3,(H,43,48)(H,44,49)/b27-19+,28-21+/t25-,26-,29-,30+,31-,33-,34-,35+,36+/m0/s1. The summed E-state index contributed by atoms with van der Waals surface area (Å²) in [7, 11) is 4.34. The number of hydrogen-bond acceptors (Lipinski definition) is 9. The summed E-state index contributed by atoms with van der Waals surface area (Å²) in [4.78, 5) is 99.0. The molecule has 1 aliphatic heterocycles. The number of carbonyl (C=O) groups is 7. The number of likely N-dealkylation sites (N-methyl/N-ethyl adjacent to an activating group) is 3. The van der Waals surface area contributed by atoms with Crippen LogP contribution in [0.1, 0.15) is 109 Å². The molecule has 1 aliphatic rings. The first-order valence-corrected chi connectivity index (χ1v) is 20.1. The lowest BCUT2D eigenvalue weighted by molar-refractivity contribution is -0.160. The zero-order chi connectivity index (χ0) is 43.4. The SMILES string of the molecule is CC/C=C(\C)[C@H]1OC(=O)[C@H](C)N(C)C(=O)[C@H](C(C)C)NC(=O)CN(C)C(=O)[C@@H](C)N(C)C(=O)[C@H](C(C)C)NC(=O)[C@@H]([C@@H](C)CC)OC(=O)/C(C)=C/C[C@H](C)[C@@H]1C. The lowest BCUT2D eigenvalue weighted by Crippen LogP contribution is -2.58. The maximum absolute atomic E-state index is 13.8. The number of rotatable bonds is 6. The van der Waals surface area contributed by atoms with Gasteiger partial charge in [0.2, 0.25) is 23.6 Å². The molecule has 0 radical (unpaired) electrons. The van der Waals surface area contributed by atoms with E-state index in [1.165, 1.54) is 37.9 Å². The topological polar surface area (TPSA) is 172 Å². The normalized spacial score (nSPS) is 30.1. The second kappa shape index (κ2) is 22.5. The number of nitrogens with zero attached hydrogens (tertiary/aromatic N) is 3. The summed E-state index contributed by atoms with van der Waals surface area (Å²) in [6.45, 7) is 22.8. The van der Waals surface area contributed by atoms with Crippen LogP contribution in [0.25, 0.3) is 0 Å². The summed E-state index contributed by atoms with van der Waals surface area (Å²) in [6, 6.07) is -4.10. The fourth-order valence-corrected chi connectivity index (χ4v) is 6.32. The molecule has 14 heteroatoms. The fourth-order valence-electron chi connectivity index (χ4n) is 6.32. The van der Waals surface area contributed by atoms with Crippen molar-refractivity contribution in [3.8, 4) is 0 Å². The molecule has 0 spiro atoms. The molecule has 0 saturated carbocycles. The summed E-state index contributed by atoms with van der Waals surface area (Å²) in [5, 5.41) is 5.52. The Kier molecular flexibility index (Phi) is 20.0. The molecule has 1 rings (SSSR count). The van der Waals surface area contributed by atoms with Gasteiger partial charge in [0, 0.05) is 32.6 Å². The molecule has 5 amide bonds. The monoisotopic (exact) mass is 790 g/mol. The fraction of sp³-hybridized carbons (Fsp3) is 0.738. The van der Waals surface area contributed by atoms with Gasteiger partial charge in [-0.15, -0.1) is 0 Å². The minimum Gasteiger partial charge on any atom is -0.456 e. The highest BCUT2D eigenvalue weighted by Crippen LogP contribution is 2.28. The summed E-state index contributed by atoms with van der Waals surface area (Å²) in [5.74, 6) is -5.55. The van der Waals surface area contributed by atoms with Crippen LogP contribution in [-0.4, -0.2) is 120 Å². The van der Waals surface area contributed by atoms with Gasteiger partial charge in [-0.1, -0.05) is 74.5 Å². The number of ether oxygens (including phenoxy) is 2. The zero-order valence-corrected chi connectivity index (χ0v) is 36.8. The van der Waals surface area contributed by atoms with Gasteiger partial charge in [-0.25, -0.2) is 9.59 Å². The van der Waals surface area contributed by atoms with E-state index in [9.17, 15) is 33.6 Å². The Bertz CT molecular complexity index is 1470. The van der Waals surface area contributed by atoms with Gasteiger partial charge in [0.15, 0.2) is 6.10 Å². The Morgan fingerprint density at radius 3 is 1.82 bits per heavy atom. The van der Waals surface area contributed by atoms with Crippen molar-refractivity contribution in [2.45, 2.75) is 146 Å². The molecule has 0 aromatic rings. The molecule has 318 valence electrons. The van der Waals surface area contributed by atoms with Crippen molar-refractivity contribution >= 4 is 41.5 Å². The highest BCUT2D eigenvalue weighted by molar-refractivity contribution is 5.96. The average Bonchev–Trinajstić information content (AvgIpc) is 3.15. The quantitative estimate of drug-likeness (QED) is 0.295. The van der Waals surface area contributed by atoms with Crippen molar-refractivity contribution in [1.29, 1.82) is 0 Å². The molecule has 56 heavy (non-hydrogen) atoms. The van der Waals surface area contributed by atoms with E-state index in [0.29, 0.717) is 24.8 Å². The zero-order valence-electron chi connectivity index (χ0n) is 36.8. The van der Waals surface area contributed by atoms with Gasteiger partial charge in [0.05, 0.1) is 6.54 Å². The van der Waals surface area contributed by atoms with Crippen molar-refractivity contribution in [2.24, 2.45) is 29.6 Å². The van der Waals surface area contributed by atoms with Crippen LogP contribution < -0.4 is 10.6 Å². The number of hydrogen-bond donors (Lipinski definition) is 2. The van der Waals surface area contributed by atoms with Crippen molar-refractivity contribution in [1.82, 2.24) is 25.3 Å². The maximum Gasteiger partial charge on any atom is 0.334 e. The summed E-state index contributed by atoms with van der Waals surface area (Å²) >= 11 is 0. The van der Waals surface area contributed by atoms with E-state index in [2.05, 4.69) is 10.6 Å². The van der Waals surface area contributed by atoms with Crippen LogP contribution in [0.3, 0.4) is 0 Å². The molecule has 0 aromatic heterocycles. The first kappa shape index (κ1) is 49.8. The van der Waals surface area contributed by atoms with Crippen LogP contribution >= 0.6 is 0 Å². The third-order valence-electron chi connectivity index (χ3n) is 11.2. The Morgan fingerprint density at radius 2 is 1.32 bits per heavy atom. The highest BCUT2D eigenvalue weighted by Gasteiger charge is 2.38. The van der Waals surface area contributed by atoms with E-state index in [1.807, 2.05) is 40.7 Å². The molecule has 1 heterocycles. The van der Waals surface area contributed by atoms with E-state index in [0.717, 1.165) is 10.5 Å². The van der Waals surface area contributed by atoms with Crippen molar-refractivity contribution in [3.63, 3.8) is 0 Å². The minimum atomic E-state index is -1.19. The lowest BCUT2D eigenvalue weighted by Gasteiger charge is -2.34. The number of carbonyl (C=O) groups excluding carboxylic acids is 7. The highest BCUT2D eigenvalue weighted by atomic mass is 16.6. The predicted octanol–water partition coefficient (Wildman–Crippen LogP) is 4.27. The molecule has 0 saturated heterocycles. The lowest BCUT2D eigenvalue weighted by atomic mass is 9.84. The number of allylic oxidation sites excluding steroid dienone is 2. The summed E-state index contributed by atoms with van der Waals surface area (Å²) in [5.41, 5.74) is 1.15. The number of amides is 5. The molecule has 14 nitrogen and oxygen atoms in total. The minimum absolute atomic E-state index is 0.0830. The number of cyclic esters (lactones) is 2. The van der Waals surface area contributed by atoms with E-state index in [-0.39, 0.29) is 23.7 Å². The number of esters is 2. The van der Waals surface area contributed by atoms with Crippen molar-refractivity contribution in [3.05, 3.63) is 23.3 Å². The molecular weight excluding hydrogens is 718 g/mol. The van der Waals surface area contributed by atoms with Crippen molar-refractivity contribution in [2.75, 3.05) is 27.7 Å². The molecule has 0 bridgehead atoms. The Balaban J connectivity index is 3.76. The first-order valence-electron chi connectivity index (χ1n) is 20.1. The molecule has 9 atom stereocenters. The van der Waals surface area contributed by atoms with Gasteiger partial charge in [-0.05, 0) is 76.2 Å². The van der Waals surface area contributed by atoms with Gasteiger partial charge in [0.1, 0.15) is 30.3 Å². The summed E-state index contributed by atoms with van der Waals surface area (Å²) < 4.78 is 11.9. The van der Waals surface area contributed by atoms with Gasteiger partial charge < -0.3 is 34.8 Å². The van der Waals surface area contributed by atoms with E-state index in [4.69, 9.17) is 9.47 Å². The Labute approximate surface area is 335 Å². The maximum atomic E-state index is 13.8.